The number of benzene rings is 1. The standard InChI is InChI=1S/C18H23N3O3/c1-3-23-16-9-13-14(10-17(16)24-4-2)20-7-5-15(13)21-8-6-12(11-21)18(19)22/h5,7,9-10,12H,3-4,6,8,11H2,1-2H3,(H2,19,22)/t12-/m0/s1. The number of primary amides is 1. The van der Waals surface area contributed by atoms with E-state index in [1.807, 2.05) is 32.0 Å². The third kappa shape index (κ3) is 3.09. The summed E-state index contributed by atoms with van der Waals surface area (Å²) in [5, 5.41) is 0.995. The molecule has 6 nitrogen and oxygen atoms in total. The quantitative estimate of drug-likeness (QED) is 0.880. The van der Waals surface area contributed by atoms with Gasteiger partial charge in [-0.25, -0.2) is 0 Å². The number of amides is 1. The molecular weight excluding hydrogens is 306 g/mol. The summed E-state index contributed by atoms with van der Waals surface area (Å²) in [5.41, 5.74) is 7.35. The lowest BCUT2D eigenvalue weighted by atomic mass is 10.1. The van der Waals surface area contributed by atoms with Crippen molar-refractivity contribution in [3.05, 3.63) is 24.4 Å². The summed E-state index contributed by atoms with van der Waals surface area (Å²) in [4.78, 5) is 18.1. The first-order valence-corrected chi connectivity index (χ1v) is 8.36. The maximum absolute atomic E-state index is 11.4. The van der Waals surface area contributed by atoms with Gasteiger partial charge >= 0.3 is 0 Å². The van der Waals surface area contributed by atoms with Crippen molar-refractivity contribution >= 4 is 22.5 Å². The Labute approximate surface area is 141 Å². The Morgan fingerprint density at radius 2 is 2.00 bits per heavy atom. The third-order valence-corrected chi connectivity index (χ3v) is 4.32. The van der Waals surface area contributed by atoms with Crippen molar-refractivity contribution in [2.24, 2.45) is 11.7 Å². The number of aromatic nitrogens is 1. The molecule has 1 aromatic heterocycles. The minimum atomic E-state index is -0.232. The number of hydrogen-bond donors (Lipinski definition) is 1. The first kappa shape index (κ1) is 16.4. The van der Waals surface area contributed by atoms with Crippen molar-refractivity contribution in [1.29, 1.82) is 0 Å². The monoisotopic (exact) mass is 329 g/mol. The van der Waals surface area contributed by atoms with Gasteiger partial charge in [0, 0.05) is 36.4 Å². The molecular formula is C18H23N3O3. The molecule has 1 atom stereocenters. The van der Waals surface area contributed by atoms with Crippen molar-refractivity contribution in [2.75, 3.05) is 31.2 Å². The number of carbonyl (C=O) groups is 1. The Morgan fingerprint density at radius 3 is 2.62 bits per heavy atom. The number of rotatable bonds is 6. The molecule has 6 heteroatoms. The number of hydrogen-bond acceptors (Lipinski definition) is 5. The molecule has 24 heavy (non-hydrogen) atoms. The average Bonchev–Trinajstić information content (AvgIpc) is 3.05. The normalized spacial score (nSPS) is 17.2. The van der Waals surface area contributed by atoms with Crippen LogP contribution in [0.15, 0.2) is 24.4 Å². The number of pyridine rings is 1. The number of anilines is 1. The predicted molar refractivity (Wildman–Crippen MR) is 93.6 cm³/mol. The fraction of sp³-hybridized carbons (Fsp3) is 0.444. The molecule has 2 heterocycles. The SMILES string of the molecule is CCOc1cc2nccc(N3CC[C@H](C(N)=O)C3)c2cc1OCC. The van der Waals surface area contributed by atoms with Gasteiger partial charge in [0.15, 0.2) is 11.5 Å². The fourth-order valence-corrected chi connectivity index (χ4v) is 3.16. The molecule has 0 radical (unpaired) electrons. The third-order valence-electron chi connectivity index (χ3n) is 4.32. The second-order valence-corrected chi connectivity index (χ2v) is 5.85. The zero-order valence-electron chi connectivity index (χ0n) is 14.1. The minimum absolute atomic E-state index is 0.0951. The lowest BCUT2D eigenvalue weighted by molar-refractivity contribution is -0.121. The van der Waals surface area contributed by atoms with Crippen molar-refractivity contribution in [1.82, 2.24) is 4.98 Å². The van der Waals surface area contributed by atoms with Gasteiger partial charge < -0.3 is 20.1 Å². The second kappa shape index (κ2) is 6.95. The fourth-order valence-electron chi connectivity index (χ4n) is 3.16. The van der Waals surface area contributed by atoms with E-state index in [-0.39, 0.29) is 11.8 Å². The van der Waals surface area contributed by atoms with E-state index in [0.717, 1.165) is 29.6 Å². The van der Waals surface area contributed by atoms with Gasteiger partial charge in [0.25, 0.3) is 0 Å². The Morgan fingerprint density at radius 1 is 1.29 bits per heavy atom. The summed E-state index contributed by atoms with van der Waals surface area (Å²) in [6, 6.07) is 5.86. The van der Waals surface area contributed by atoms with E-state index in [4.69, 9.17) is 15.2 Å². The summed E-state index contributed by atoms with van der Waals surface area (Å²) in [6.07, 6.45) is 2.57. The molecule has 2 N–H and O–H groups in total. The molecule has 0 saturated carbocycles. The zero-order chi connectivity index (χ0) is 17.1. The summed E-state index contributed by atoms with van der Waals surface area (Å²) in [6.45, 7) is 6.47. The van der Waals surface area contributed by atoms with Crippen molar-refractivity contribution < 1.29 is 14.3 Å². The van der Waals surface area contributed by atoms with Gasteiger partial charge in [-0.05, 0) is 32.4 Å². The highest BCUT2D eigenvalue weighted by Crippen LogP contribution is 2.37. The van der Waals surface area contributed by atoms with E-state index >= 15 is 0 Å². The van der Waals surface area contributed by atoms with Crippen LogP contribution in [-0.2, 0) is 4.79 Å². The summed E-state index contributed by atoms with van der Waals surface area (Å²) >= 11 is 0. The Hall–Kier alpha value is -2.50. The predicted octanol–water partition coefficient (Wildman–Crippen LogP) is 2.34. The van der Waals surface area contributed by atoms with E-state index < -0.39 is 0 Å². The number of fused-ring (bicyclic) bond motifs is 1. The van der Waals surface area contributed by atoms with E-state index in [2.05, 4.69) is 9.88 Å². The van der Waals surface area contributed by atoms with Crippen molar-refractivity contribution in [3.63, 3.8) is 0 Å². The van der Waals surface area contributed by atoms with Gasteiger partial charge in [-0.15, -0.1) is 0 Å². The molecule has 128 valence electrons. The molecule has 3 rings (SSSR count). The van der Waals surface area contributed by atoms with Gasteiger partial charge in [-0.2, -0.15) is 0 Å². The zero-order valence-corrected chi connectivity index (χ0v) is 14.1. The first-order valence-electron chi connectivity index (χ1n) is 8.36. The van der Waals surface area contributed by atoms with Crippen LogP contribution < -0.4 is 20.1 Å². The highest BCUT2D eigenvalue weighted by Gasteiger charge is 2.28. The molecule has 1 aliphatic heterocycles. The van der Waals surface area contributed by atoms with E-state index in [1.165, 1.54) is 0 Å². The van der Waals surface area contributed by atoms with Crippen LogP contribution in [0.4, 0.5) is 5.69 Å². The van der Waals surface area contributed by atoms with Gasteiger partial charge in [0.05, 0.1) is 24.6 Å². The highest BCUT2D eigenvalue weighted by molar-refractivity contribution is 5.94. The molecule has 1 aromatic carbocycles. The Bertz CT molecular complexity index is 748. The Kier molecular flexibility index (Phi) is 4.74. The van der Waals surface area contributed by atoms with Crippen LogP contribution in [0, 0.1) is 5.92 Å². The number of carbonyl (C=O) groups excluding carboxylic acids is 1. The van der Waals surface area contributed by atoms with Gasteiger partial charge in [0.2, 0.25) is 5.91 Å². The molecule has 2 aromatic rings. The van der Waals surface area contributed by atoms with Gasteiger partial charge in [-0.3, -0.25) is 9.78 Å². The number of nitrogens with zero attached hydrogens (tertiary/aromatic N) is 2. The molecule has 0 unspecified atom stereocenters. The lowest BCUT2D eigenvalue weighted by Gasteiger charge is -2.21. The average molecular weight is 329 g/mol. The largest absolute Gasteiger partial charge is 0.490 e. The molecule has 1 fully saturated rings. The first-order chi connectivity index (χ1) is 11.6. The summed E-state index contributed by atoms with van der Waals surface area (Å²) < 4.78 is 11.4. The highest BCUT2D eigenvalue weighted by atomic mass is 16.5. The van der Waals surface area contributed by atoms with Crippen LogP contribution in [0.25, 0.3) is 10.9 Å². The molecule has 0 aliphatic carbocycles. The van der Waals surface area contributed by atoms with Gasteiger partial charge in [0.1, 0.15) is 0 Å². The van der Waals surface area contributed by atoms with E-state index in [0.29, 0.717) is 31.3 Å². The van der Waals surface area contributed by atoms with Crippen LogP contribution in [0.2, 0.25) is 0 Å². The Balaban J connectivity index is 2.03. The molecule has 0 spiro atoms. The maximum Gasteiger partial charge on any atom is 0.222 e. The van der Waals surface area contributed by atoms with Crippen LogP contribution in [0.3, 0.4) is 0 Å². The van der Waals surface area contributed by atoms with Crippen LogP contribution in [0.5, 0.6) is 11.5 Å². The van der Waals surface area contributed by atoms with Crippen LogP contribution in [-0.4, -0.2) is 37.2 Å². The molecule has 1 aliphatic rings. The number of ether oxygens (including phenoxy) is 2. The smallest absolute Gasteiger partial charge is 0.222 e. The van der Waals surface area contributed by atoms with Crippen molar-refractivity contribution in [3.8, 4) is 11.5 Å². The van der Waals surface area contributed by atoms with E-state index in [9.17, 15) is 4.79 Å². The van der Waals surface area contributed by atoms with Crippen molar-refractivity contribution in [2.45, 2.75) is 20.3 Å². The minimum Gasteiger partial charge on any atom is -0.490 e. The number of nitrogens with two attached hydrogens (primary N) is 1. The van der Waals surface area contributed by atoms with Crippen LogP contribution >= 0.6 is 0 Å². The molecule has 0 bridgehead atoms. The van der Waals surface area contributed by atoms with Crippen LogP contribution in [0.1, 0.15) is 20.3 Å². The summed E-state index contributed by atoms with van der Waals surface area (Å²) in [5.74, 6) is 1.09. The van der Waals surface area contributed by atoms with Gasteiger partial charge in [-0.1, -0.05) is 0 Å². The molecule has 1 amide bonds. The lowest BCUT2D eigenvalue weighted by Crippen LogP contribution is -2.27. The van der Waals surface area contributed by atoms with E-state index in [1.54, 1.807) is 6.20 Å². The second-order valence-electron chi connectivity index (χ2n) is 5.85. The summed E-state index contributed by atoms with van der Waals surface area (Å²) in [7, 11) is 0. The maximum atomic E-state index is 11.4. The molecule has 1 saturated heterocycles. The topological polar surface area (TPSA) is 77.7 Å².